The Labute approximate surface area is 179 Å². The molecule has 1 aromatic rings. The normalized spacial score (nSPS) is 16.7. The third kappa shape index (κ3) is 5.21. The van der Waals surface area contributed by atoms with Gasteiger partial charge in [0.2, 0.25) is 11.8 Å². The lowest BCUT2D eigenvalue weighted by Gasteiger charge is -2.29. The largest absolute Gasteiger partial charge is 0.496 e. The summed E-state index contributed by atoms with van der Waals surface area (Å²) in [6.45, 7) is 9.85. The molecule has 1 heterocycles. The molecule has 1 aliphatic carbocycles. The molecule has 0 bridgehead atoms. The van der Waals surface area contributed by atoms with Crippen LogP contribution in [0.25, 0.3) is 0 Å². The molecule has 1 saturated carbocycles. The number of methoxy groups -OCH3 is 1. The quantitative estimate of drug-likeness (QED) is 0.727. The van der Waals surface area contributed by atoms with Gasteiger partial charge in [0.15, 0.2) is 0 Å². The predicted octanol–water partition coefficient (Wildman–Crippen LogP) is 3.50. The van der Waals surface area contributed by atoms with Crippen molar-refractivity contribution in [1.29, 1.82) is 5.41 Å². The molecule has 6 heteroatoms. The van der Waals surface area contributed by atoms with Gasteiger partial charge in [0.1, 0.15) is 17.0 Å². The van der Waals surface area contributed by atoms with Crippen LogP contribution in [0.2, 0.25) is 0 Å². The Kier molecular flexibility index (Phi) is 7.30. The number of amides is 2. The maximum atomic E-state index is 12.6. The van der Waals surface area contributed by atoms with Crippen molar-refractivity contribution in [3.05, 3.63) is 28.8 Å². The topological polar surface area (TPSA) is 82.5 Å². The van der Waals surface area contributed by atoms with E-state index < -0.39 is 11.3 Å². The maximum Gasteiger partial charge on any atom is 0.246 e. The number of carbonyl (C=O) groups excluding carboxylic acids is 2. The van der Waals surface area contributed by atoms with Crippen molar-refractivity contribution in [1.82, 2.24) is 10.2 Å². The van der Waals surface area contributed by atoms with E-state index in [1.165, 1.54) is 12.8 Å². The number of nitrogens with one attached hydrogen (secondary N) is 2. The van der Waals surface area contributed by atoms with Gasteiger partial charge in [-0.3, -0.25) is 20.3 Å². The van der Waals surface area contributed by atoms with E-state index in [2.05, 4.69) is 18.2 Å². The summed E-state index contributed by atoms with van der Waals surface area (Å²) in [5, 5.41) is 10.9. The molecule has 1 aliphatic heterocycles. The zero-order valence-corrected chi connectivity index (χ0v) is 18.9. The number of rotatable bonds is 5. The summed E-state index contributed by atoms with van der Waals surface area (Å²) < 4.78 is 5.33. The molecule has 1 unspecified atom stereocenters. The molecular formula is C24H33N3O3. The van der Waals surface area contributed by atoms with Gasteiger partial charge in [-0.25, -0.2) is 0 Å². The molecule has 3 rings (SSSR count). The minimum Gasteiger partial charge on any atom is -0.496 e. The smallest absolute Gasteiger partial charge is 0.246 e. The van der Waals surface area contributed by atoms with E-state index in [1.54, 1.807) is 32.8 Å². The molecule has 0 aromatic heterocycles. The van der Waals surface area contributed by atoms with Gasteiger partial charge in [-0.05, 0) is 31.4 Å². The molecule has 2 aliphatic rings. The maximum absolute atomic E-state index is 12.6. The molecule has 30 heavy (non-hydrogen) atoms. The highest BCUT2D eigenvalue weighted by Gasteiger charge is 2.38. The molecule has 1 atom stereocenters. The highest BCUT2D eigenvalue weighted by Crippen LogP contribution is 2.33. The minimum absolute atomic E-state index is 0.149. The van der Waals surface area contributed by atoms with Crippen LogP contribution in [0.5, 0.6) is 5.75 Å². The summed E-state index contributed by atoms with van der Waals surface area (Å²) in [7, 11) is 1.59. The Morgan fingerprint density at radius 3 is 2.47 bits per heavy atom. The SMILES string of the molecule is C#CC(C)(CN1Cc2ccc(OC)c(C)c2C1=N)C(=O)NC(=O)C(C)C.CC1CC1. The summed E-state index contributed by atoms with van der Waals surface area (Å²) >= 11 is 0. The van der Waals surface area contributed by atoms with Crippen LogP contribution in [-0.2, 0) is 16.1 Å². The second-order valence-corrected chi connectivity index (χ2v) is 8.76. The third-order valence-corrected chi connectivity index (χ3v) is 5.59. The Morgan fingerprint density at radius 1 is 1.40 bits per heavy atom. The van der Waals surface area contributed by atoms with E-state index in [-0.39, 0.29) is 18.4 Å². The van der Waals surface area contributed by atoms with Crippen LogP contribution in [0.1, 0.15) is 57.2 Å². The number of benzene rings is 1. The van der Waals surface area contributed by atoms with Crippen molar-refractivity contribution in [3.8, 4) is 18.1 Å². The lowest BCUT2D eigenvalue weighted by Crippen LogP contribution is -2.48. The molecule has 1 fully saturated rings. The number of imide groups is 1. The van der Waals surface area contributed by atoms with Gasteiger partial charge in [0.25, 0.3) is 0 Å². The summed E-state index contributed by atoms with van der Waals surface area (Å²) in [6, 6.07) is 3.80. The van der Waals surface area contributed by atoms with Gasteiger partial charge >= 0.3 is 0 Å². The Morgan fingerprint density at radius 2 is 2.00 bits per heavy atom. The number of ether oxygens (including phenoxy) is 1. The fraction of sp³-hybridized carbons (Fsp3) is 0.542. The highest BCUT2D eigenvalue weighted by molar-refractivity contribution is 6.03. The second kappa shape index (κ2) is 9.34. The first-order valence-electron chi connectivity index (χ1n) is 10.4. The molecule has 0 spiro atoms. The Bertz CT molecular complexity index is 880. The first kappa shape index (κ1) is 23.5. The fourth-order valence-corrected chi connectivity index (χ4v) is 3.13. The molecule has 2 N–H and O–H groups in total. The van der Waals surface area contributed by atoms with Gasteiger partial charge in [0.05, 0.1) is 7.11 Å². The molecule has 2 amide bonds. The molecule has 0 saturated heterocycles. The second-order valence-electron chi connectivity index (χ2n) is 8.76. The summed E-state index contributed by atoms with van der Waals surface area (Å²) in [4.78, 5) is 26.2. The van der Waals surface area contributed by atoms with E-state index in [0.29, 0.717) is 12.4 Å². The van der Waals surface area contributed by atoms with E-state index in [4.69, 9.17) is 16.6 Å². The van der Waals surface area contributed by atoms with Crippen molar-refractivity contribution in [2.75, 3.05) is 13.7 Å². The van der Waals surface area contributed by atoms with Gasteiger partial charge in [-0.2, -0.15) is 0 Å². The highest BCUT2D eigenvalue weighted by atomic mass is 16.5. The van der Waals surface area contributed by atoms with Crippen molar-refractivity contribution in [2.45, 2.75) is 54.0 Å². The average Bonchev–Trinajstić information content (AvgIpc) is 3.42. The number of nitrogens with zero attached hydrogens (tertiary/aromatic N) is 1. The fourth-order valence-electron chi connectivity index (χ4n) is 3.13. The Balaban J connectivity index is 0.000000713. The average molecular weight is 412 g/mol. The van der Waals surface area contributed by atoms with Gasteiger partial charge < -0.3 is 9.64 Å². The van der Waals surface area contributed by atoms with E-state index in [0.717, 1.165) is 28.4 Å². The van der Waals surface area contributed by atoms with Crippen LogP contribution in [0.15, 0.2) is 12.1 Å². The first-order valence-corrected chi connectivity index (χ1v) is 10.4. The summed E-state index contributed by atoms with van der Waals surface area (Å²) in [5.74, 6) is 3.42. The number of terminal acetylenes is 1. The van der Waals surface area contributed by atoms with Crippen LogP contribution >= 0.6 is 0 Å². The monoisotopic (exact) mass is 411 g/mol. The lowest BCUT2D eigenvalue weighted by molar-refractivity contribution is -0.136. The standard InChI is InChI=1S/C20H25N3O3.C4H8/c1-7-20(5,19(25)22-18(24)12(2)3)11-23-10-14-8-9-15(26-6)13(4)16(14)17(23)21;1-4-2-3-4/h1,8-9,12,21H,10-11H2,2-6H3,(H,22,24,25);4H,2-3H2,1H3. The van der Waals surface area contributed by atoms with Crippen molar-refractivity contribution in [3.63, 3.8) is 0 Å². The minimum atomic E-state index is -1.23. The van der Waals surface area contributed by atoms with Gasteiger partial charge in [0, 0.05) is 30.1 Å². The summed E-state index contributed by atoms with van der Waals surface area (Å²) in [6.07, 6.45) is 8.60. The van der Waals surface area contributed by atoms with Gasteiger partial charge in [-0.1, -0.05) is 45.6 Å². The summed E-state index contributed by atoms with van der Waals surface area (Å²) in [5.41, 5.74) is 1.46. The van der Waals surface area contributed by atoms with Crippen LogP contribution in [0.3, 0.4) is 0 Å². The van der Waals surface area contributed by atoms with Crippen molar-refractivity contribution in [2.24, 2.45) is 17.3 Å². The van der Waals surface area contributed by atoms with Crippen molar-refractivity contribution < 1.29 is 14.3 Å². The number of hydrogen-bond donors (Lipinski definition) is 2. The molecule has 0 radical (unpaired) electrons. The van der Waals surface area contributed by atoms with Gasteiger partial charge in [-0.15, -0.1) is 6.42 Å². The van der Waals surface area contributed by atoms with Crippen LogP contribution in [-0.4, -0.2) is 36.2 Å². The van der Waals surface area contributed by atoms with Crippen LogP contribution in [0.4, 0.5) is 0 Å². The van der Waals surface area contributed by atoms with Crippen LogP contribution < -0.4 is 10.1 Å². The van der Waals surface area contributed by atoms with E-state index in [1.807, 2.05) is 19.1 Å². The predicted molar refractivity (Wildman–Crippen MR) is 118 cm³/mol. The Hall–Kier alpha value is -2.81. The van der Waals surface area contributed by atoms with Crippen molar-refractivity contribution >= 4 is 17.6 Å². The third-order valence-electron chi connectivity index (χ3n) is 5.59. The zero-order valence-electron chi connectivity index (χ0n) is 18.9. The van der Waals surface area contributed by atoms with E-state index >= 15 is 0 Å². The van der Waals surface area contributed by atoms with E-state index in [9.17, 15) is 9.59 Å². The molecule has 1 aromatic carbocycles. The lowest BCUT2D eigenvalue weighted by atomic mass is 9.89. The molecular weight excluding hydrogens is 378 g/mol. The molecule has 162 valence electrons. The first-order chi connectivity index (χ1) is 14.0. The van der Waals surface area contributed by atoms with Crippen LogP contribution in [0, 0.1) is 41.9 Å². The number of hydrogen-bond acceptors (Lipinski definition) is 4. The number of fused-ring (bicyclic) bond motifs is 1. The number of carbonyl (C=O) groups is 2. The number of amidine groups is 1. The zero-order chi connectivity index (χ0) is 22.6. The molecule has 6 nitrogen and oxygen atoms in total.